The third-order valence-electron chi connectivity index (χ3n) is 2.62. The van der Waals surface area contributed by atoms with E-state index in [-0.39, 0.29) is 11.8 Å². The lowest BCUT2D eigenvalue weighted by molar-refractivity contribution is -0.123. The summed E-state index contributed by atoms with van der Waals surface area (Å²) in [5.74, 6) is -0.809. The number of rotatable bonds is 0. The summed E-state index contributed by atoms with van der Waals surface area (Å²) in [5.41, 5.74) is 0. The molecule has 2 rings (SSSR count). The average molecular weight is 260 g/mol. The van der Waals surface area contributed by atoms with Crippen molar-refractivity contribution >= 4 is 52.2 Å². The number of halogens is 4. The van der Waals surface area contributed by atoms with Gasteiger partial charge in [-0.05, 0) is 6.42 Å². The Morgan fingerprint density at radius 3 is 1.85 bits per heavy atom. The van der Waals surface area contributed by atoms with Gasteiger partial charge in [-0.25, -0.2) is 0 Å². The Morgan fingerprint density at radius 1 is 1.08 bits per heavy atom. The van der Waals surface area contributed by atoms with E-state index >= 15 is 0 Å². The molecule has 2 aliphatic rings. The van der Waals surface area contributed by atoms with E-state index < -0.39 is 14.4 Å². The van der Waals surface area contributed by atoms with Crippen molar-refractivity contribution in [1.29, 1.82) is 0 Å². The zero-order valence-electron chi connectivity index (χ0n) is 6.44. The number of Topliss-reactive ketones (excluding diaryl/α,β-unsaturated/α-hetero) is 1. The van der Waals surface area contributed by atoms with Gasteiger partial charge >= 0.3 is 0 Å². The van der Waals surface area contributed by atoms with Gasteiger partial charge < -0.3 is 0 Å². The number of alkyl halides is 4. The van der Waals surface area contributed by atoms with Gasteiger partial charge in [-0.15, -0.1) is 0 Å². The first kappa shape index (κ1) is 10.1. The van der Waals surface area contributed by atoms with Gasteiger partial charge in [0.15, 0.2) is 8.67 Å². The van der Waals surface area contributed by atoms with Gasteiger partial charge in [0.2, 0.25) is 5.78 Å². The van der Waals surface area contributed by atoms with Crippen LogP contribution in [0.4, 0.5) is 0 Å². The molecule has 5 heteroatoms. The molecule has 0 amide bonds. The van der Waals surface area contributed by atoms with Crippen LogP contribution in [0.3, 0.4) is 0 Å². The molecule has 1 fully saturated rings. The SMILES string of the molecule is O=C1C(Cl)(Cl)[C@@H]2C=C[C@@H](C2)C1(Cl)Cl. The molecule has 72 valence electrons. The smallest absolute Gasteiger partial charge is 0.205 e. The van der Waals surface area contributed by atoms with Gasteiger partial charge in [0, 0.05) is 11.8 Å². The average Bonchev–Trinajstić information content (AvgIpc) is 2.48. The van der Waals surface area contributed by atoms with Crippen molar-refractivity contribution in [2.24, 2.45) is 11.8 Å². The van der Waals surface area contributed by atoms with Gasteiger partial charge in [0.25, 0.3) is 0 Å². The minimum absolute atomic E-state index is 0.154. The summed E-state index contributed by atoms with van der Waals surface area (Å²) in [6, 6.07) is 0. The molecule has 0 saturated heterocycles. The van der Waals surface area contributed by atoms with Gasteiger partial charge in [0.05, 0.1) is 0 Å². The summed E-state index contributed by atoms with van der Waals surface area (Å²) < 4.78 is -2.93. The lowest BCUT2D eigenvalue weighted by Crippen LogP contribution is -2.51. The number of allylic oxidation sites excluding steroid dienone is 2. The van der Waals surface area contributed by atoms with E-state index in [1.807, 2.05) is 12.2 Å². The summed E-state index contributed by atoms with van der Waals surface area (Å²) >= 11 is 23.6. The Kier molecular flexibility index (Phi) is 2.17. The molecule has 2 atom stereocenters. The topological polar surface area (TPSA) is 17.1 Å². The minimum atomic E-state index is -1.47. The molecule has 0 aromatic carbocycles. The number of ketones is 1. The van der Waals surface area contributed by atoms with E-state index in [1.54, 1.807) is 0 Å². The van der Waals surface area contributed by atoms with Crippen LogP contribution in [0.1, 0.15) is 6.42 Å². The highest BCUT2D eigenvalue weighted by Gasteiger charge is 2.60. The molecule has 13 heavy (non-hydrogen) atoms. The zero-order chi connectivity index (χ0) is 9.85. The van der Waals surface area contributed by atoms with E-state index in [9.17, 15) is 4.79 Å². The highest BCUT2D eigenvalue weighted by molar-refractivity contribution is 6.69. The predicted molar refractivity (Wildman–Crippen MR) is 54.6 cm³/mol. The molecule has 1 nitrogen and oxygen atoms in total. The second-order valence-electron chi connectivity index (χ2n) is 3.41. The Hall–Kier alpha value is 0.570. The summed E-state index contributed by atoms with van der Waals surface area (Å²) in [5, 5.41) is 0. The minimum Gasteiger partial charge on any atom is -0.293 e. The highest BCUT2D eigenvalue weighted by Crippen LogP contribution is 2.55. The Bertz CT molecular complexity index is 269. The third-order valence-corrected chi connectivity index (χ3v) is 4.43. The standard InChI is InChI=1S/C8H6Cl4O/c9-7(10)4-1-2-5(3-4)8(11,12)6(7)13/h1-2,4-5H,3H2/t4-,5+. The maximum atomic E-state index is 11.7. The second kappa shape index (κ2) is 2.79. The van der Waals surface area contributed by atoms with Gasteiger partial charge in [-0.1, -0.05) is 58.6 Å². The van der Waals surface area contributed by atoms with Crippen molar-refractivity contribution in [2.75, 3.05) is 0 Å². The highest BCUT2D eigenvalue weighted by atomic mass is 35.5. The van der Waals surface area contributed by atoms with Gasteiger partial charge in [-0.3, -0.25) is 4.79 Å². The number of hydrogen-bond donors (Lipinski definition) is 0. The van der Waals surface area contributed by atoms with Crippen molar-refractivity contribution in [2.45, 2.75) is 15.1 Å². The largest absolute Gasteiger partial charge is 0.293 e. The number of hydrogen-bond acceptors (Lipinski definition) is 1. The molecule has 2 aliphatic carbocycles. The Morgan fingerprint density at radius 2 is 1.46 bits per heavy atom. The molecule has 0 aromatic heterocycles. The van der Waals surface area contributed by atoms with E-state index in [4.69, 9.17) is 46.4 Å². The number of fused-ring (bicyclic) bond motifs is 2. The van der Waals surface area contributed by atoms with Crippen LogP contribution in [0.5, 0.6) is 0 Å². The molecule has 0 spiro atoms. The maximum Gasteiger partial charge on any atom is 0.205 e. The van der Waals surface area contributed by atoms with E-state index in [1.165, 1.54) is 0 Å². The fraction of sp³-hybridized carbons (Fsp3) is 0.625. The molecule has 2 bridgehead atoms. The van der Waals surface area contributed by atoms with Crippen molar-refractivity contribution in [3.05, 3.63) is 12.2 Å². The molecule has 0 aromatic rings. The lowest BCUT2D eigenvalue weighted by Gasteiger charge is -2.37. The van der Waals surface area contributed by atoms with Gasteiger partial charge in [-0.2, -0.15) is 0 Å². The van der Waals surface area contributed by atoms with Crippen LogP contribution in [0.2, 0.25) is 0 Å². The lowest BCUT2D eigenvalue weighted by atomic mass is 9.85. The van der Waals surface area contributed by atoms with Gasteiger partial charge in [0.1, 0.15) is 0 Å². The van der Waals surface area contributed by atoms with Crippen LogP contribution in [-0.4, -0.2) is 14.4 Å². The first-order valence-electron chi connectivity index (χ1n) is 3.85. The third kappa shape index (κ3) is 1.25. The molecular weight excluding hydrogens is 254 g/mol. The molecule has 0 N–H and O–H groups in total. The van der Waals surface area contributed by atoms with E-state index in [2.05, 4.69) is 0 Å². The summed E-state index contributed by atoms with van der Waals surface area (Å²) in [6.45, 7) is 0. The van der Waals surface area contributed by atoms with E-state index in [0.29, 0.717) is 6.42 Å². The van der Waals surface area contributed by atoms with Crippen LogP contribution < -0.4 is 0 Å². The molecule has 1 saturated carbocycles. The normalized spacial score (nSPS) is 39.5. The molecular formula is C8H6Cl4O. The first-order chi connectivity index (χ1) is 5.87. The Labute approximate surface area is 96.0 Å². The van der Waals surface area contributed by atoms with Crippen LogP contribution in [0, 0.1) is 11.8 Å². The second-order valence-corrected chi connectivity index (χ2v) is 6.18. The fourth-order valence-corrected chi connectivity index (χ4v) is 3.23. The monoisotopic (exact) mass is 258 g/mol. The van der Waals surface area contributed by atoms with Crippen molar-refractivity contribution in [3.8, 4) is 0 Å². The predicted octanol–water partition coefficient (Wildman–Crippen LogP) is 3.11. The van der Waals surface area contributed by atoms with Crippen LogP contribution >= 0.6 is 46.4 Å². The van der Waals surface area contributed by atoms with Crippen LogP contribution in [0.15, 0.2) is 12.2 Å². The van der Waals surface area contributed by atoms with Crippen molar-refractivity contribution in [1.82, 2.24) is 0 Å². The molecule has 0 radical (unpaired) electrons. The van der Waals surface area contributed by atoms with Crippen molar-refractivity contribution in [3.63, 3.8) is 0 Å². The molecule has 0 heterocycles. The number of carbonyl (C=O) groups excluding carboxylic acids is 1. The summed E-state index contributed by atoms with van der Waals surface area (Å²) in [4.78, 5) is 11.7. The fourth-order valence-electron chi connectivity index (χ4n) is 1.80. The summed E-state index contributed by atoms with van der Waals surface area (Å²) in [7, 11) is 0. The van der Waals surface area contributed by atoms with Crippen LogP contribution in [-0.2, 0) is 4.79 Å². The first-order valence-corrected chi connectivity index (χ1v) is 5.37. The molecule has 0 unspecified atom stereocenters. The quantitative estimate of drug-likeness (QED) is 0.483. The number of carbonyl (C=O) groups is 1. The van der Waals surface area contributed by atoms with Crippen LogP contribution in [0.25, 0.3) is 0 Å². The summed E-state index contributed by atoms with van der Waals surface area (Å²) in [6.07, 6.45) is 4.27. The zero-order valence-corrected chi connectivity index (χ0v) is 9.46. The van der Waals surface area contributed by atoms with E-state index in [0.717, 1.165) is 0 Å². The Balaban J connectivity index is 2.47. The maximum absolute atomic E-state index is 11.7. The van der Waals surface area contributed by atoms with Crippen molar-refractivity contribution < 1.29 is 4.79 Å². The molecule has 0 aliphatic heterocycles.